The highest BCUT2D eigenvalue weighted by Crippen LogP contribution is 2.18. The zero-order valence-electron chi connectivity index (χ0n) is 13.2. The van der Waals surface area contributed by atoms with Crippen LogP contribution in [0.4, 0.5) is 0 Å². The van der Waals surface area contributed by atoms with Gasteiger partial charge in [0.2, 0.25) is 0 Å². The van der Waals surface area contributed by atoms with Crippen molar-refractivity contribution in [2.75, 3.05) is 27.4 Å². The van der Waals surface area contributed by atoms with Crippen molar-refractivity contribution < 1.29 is 14.2 Å². The molecule has 2 aromatic rings. The molecule has 22 heavy (non-hydrogen) atoms. The first-order valence-corrected chi connectivity index (χ1v) is 7.37. The summed E-state index contributed by atoms with van der Waals surface area (Å²) in [7, 11) is 3.35. The van der Waals surface area contributed by atoms with Gasteiger partial charge >= 0.3 is 0 Å². The summed E-state index contributed by atoms with van der Waals surface area (Å²) in [5.41, 5.74) is 2.37. The Kier molecular flexibility index (Phi) is 6.74. The molecule has 4 nitrogen and oxygen atoms in total. The van der Waals surface area contributed by atoms with E-state index in [9.17, 15) is 0 Å². The molecule has 1 N–H and O–H groups in total. The van der Waals surface area contributed by atoms with Crippen molar-refractivity contribution in [1.29, 1.82) is 0 Å². The molecular formula is C18H23NO3. The first-order valence-electron chi connectivity index (χ1n) is 7.37. The molecule has 0 aliphatic heterocycles. The van der Waals surface area contributed by atoms with E-state index in [1.807, 2.05) is 30.3 Å². The van der Waals surface area contributed by atoms with Crippen molar-refractivity contribution in [3.8, 4) is 11.5 Å². The maximum atomic E-state index is 5.73. The molecule has 0 aliphatic carbocycles. The topological polar surface area (TPSA) is 39.7 Å². The molecule has 0 atom stereocenters. The lowest BCUT2D eigenvalue weighted by Crippen LogP contribution is -2.14. The SMILES string of the molecule is COCCOc1ccccc1CNCc1ccc(OC)cc1. The highest BCUT2D eigenvalue weighted by atomic mass is 16.5. The van der Waals surface area contributed by atoms with Crippen LogP contribution in [0.5, 0.6) is 11.5 Å². The number of ether oxygens (including phenoxy) is 3. The van der Waals surface area contributed by atoms with Gasteiger partial charge in [-0.3, -0.25) is 0 Å². The summed E-state index contributed by atoms with van der Waals surface area (Å²) in [4.78, 5) is 0. The Balaban J connectivity index is 1.85. The normalized spacial score (nSPS) is 10.5. The molecule has 0 amide bonds. The third-order valence-corrected chi connectivity index (χ3v) is 3.32. The fraction of sp³-hybridized carbons (Fsp3) is 0.333. The van der Waals surface area contributed by atoms with Gasteiger partial charge in [0.1, 0.15) is 18.1 Å². The van der Waals surface area contributed by atoms with E-state index >= 15 is 0 Å². The van der Waals surface area contributed by atoms with Crippen LogP contribution >= 0.6 is 0 Å². The van der Waals surface area contributed by atoms with Crippen LogP contribution in [0.2, 0.25) is 0 Å². The van der Waals surface area contributed by atoms with Crippen LogP contribution in [-0.2, 0) is 17.8 Å². The molecule has 0 radical (unpaired) electrons. The lowest BCUT2D eigenvalue weighted by Gasteiger charge is -2.12. The highest BCUT2D eigenvalue weighted by molar-refractivity contribution is 5.33. The molecule has 0 spiro atoms. The predicted molar refractivity (Wildman–Crippen MR) is 87.4 cm³/mol. The van der Waals surface area contributed by atoms with Crippen molar-refractivity contribution in [1.82, 2.24) is 5.32 Å². The van der Waals surface area contributed by atoms with Gasteiger partial charge in [-0.1, -0.05) is 30.3 Å². The van der Waals surface area contributed by atoms with E-state index in [4.69, 9.17) is 14.2 Å². The second kappa shape index (κ2) is 9.07. The van der Waals surface area contributed by atoms with Gasteiger partial charge in [-0.15, -0.1) is 0 Å². The second-order valence-electron chi connectivity index (χ2n) is 4.90. The Morgan fingerprint density at radius 3 is 2.36 bits per heavy atom. The molecule has 4 heteroatoms. The molecule has 118 valence electrons. The molecule has 0 unspecified atom stereocenters. The van der Waals surface area contributed by atoms with Gasteiger partial charge < -0.3 is 19.5 Å². The van der Waals surface area contributed by atoms with Gasteiger partial charge in [-0.2, -0.15) is 0 Å². The van der Waals surface area contributed by atoms with E-state index in [0.717, 1.165) is 30.2 Å². The van der Waals surface area contributed by atoms with Crippen LogP contribution < -0.4 is 14.8 Å². The van der Waals surface area contributed by atoms with E-state index in [-0.39, 0.29) is 0 Å². The van der Waals surface area contributed by atoms with E-state index < -0.39 is 0 Å². The summed E-state index contributed by atoms with van der Waals surface area (Å²) < 4.78 is 15.9. The molecule has 0 aliphatic rings. The first kappa shape index (κ1) is 16.3. The third kappa shape index (κ3) is 5.06. The Bertz CT molecular complexity index is 555. The molecule has 2 aromatic carbocycles. The number of nitrogens with one attached hydrogen (secondary N) is 1. The minimum Gasteiger partial charge on any atom is -0.497 e. The van der Waals surface area contributed by atoms with E-state index in [1.54, 1.807) is 14.2 Å². The van der Waals surface area contributed by atoms with Gasteiger partial charge in [-0.25, -0.2) is 0 Å². The summed E-state index contributed by atoms with van der Waals surface area (Å²) in [6.45, 7) is 2.71. The number of hydrogen-bond acceptors (Lipinski definition) is 4. The molecular weight excluding hydrogens is 278 g/mol. The number of methoxy groups -OCH3 is 2. The molecule has 0 fully saturated rings. The standard InChI is InChI=1S/C18H23NO3/c1-20-11-12-22-18-6-4-3-5-16(18)14-19-13-15-7-9-17(21-2)10-8-15/h3-10,19H,11-14H2,1-2H3. The van der Waals surface area contributed by atoms with Crippen LogP contribution in [0.15, 0.2) is 48.5 Å². The summed E-state index contributed by atoms with van der Waals surface area (Å²) in [5, 5.41) is 3.43. The van der Waals surface area contributed by atoms with Crippen LogP contribution in [0, 0.1) is 0 Å². The van der Waals surface area contributed by atoms with Gasteiger partial charge in [-0.05, 0) is 23.8 Å². The number of hydrogen-bond donors (Lipinski definition) is 1. The molecule has 0 heterocycles. The van der Waals surface area contributed by atoms with Crippen LogP contribution in [0.1, 0.15) is 11.1 Å². The molecule has 0 aromatic heterocycles. The maximum Gasteiger partial charge on any atom is 0.123 e. The van der Waals surface area contributed by atoms with Gasteiger partial charge in [0.15, 0.2) is 0 Å². The number of rotatable bonds is 9. The van der Waals surface area contributed by atoms with Gasteiger partial charge in [0.05, 0.1) is 13.7 Å². The fourth-order valence-corrected chi connectivity index (χ4v) is 2.11. The maximum absolute atomic E-state index is 5.73. The molecule has 2 rings (SSSR count). The summed E-state index contributed by atoms with van der Waals surface area (Å²) in [6, 6.07) is 16.1. The molecule has 0 bridgehead atoms. The van der Waals surface area contributed by atoms with Crippen LogP contribution in [-0.4, -0.2) is 27.4 Å². The van der Waals surface area contributed by atoms with Crippen LogP contribution in [0.3, 0.4) is 0 Å². The Hall–Kier alpha value is -2.04. The average molecular weight is 301 g/mol. The van der Waals surface area contributed by atoms with E-state index in [2.05, 4.69) is 23.5 Å². The van der Waals surface area contributed by atoms with Crippen molar-refractivity contribution in [3.05, 3.63) is 59.7 Å². The van der Waals surface area contributed by atoms with Crippen molar-refractivity contribution in [3.63, 3.8) is 0 Å². The lowest BCUT2D eigenvalue weighted by atomic mass is 10.2. The summed E-state index contributed by atoms with van der Waals surface area (Å²) >= 11 is 0. The van der Waals surface area contributed by atoms with Crippen LogP contribution in [0.25, 0.3) is 0 Å². The average Bonchev–Trinajstić information content (AvgIpc) is 2.57. The Morgan fingerprint density at radius 1 is 0.864 bits per heavy atom. The van der Waals surface area contributed by atoms with E-state index in [0.29, 0.717) is 13.2 Å². The third-order valence-electron chi connectivity index (χ3n) is 3.32. The fourth-order valence-electron chi connectivity index (χ4n) is 2.11. The molecule has 0 saturated heterocycles. The number of benzene rings is 2. The zero-order valence-corrected chi connectivity index (χ0v) is 13.2. The zero-order chi connectivity index (χ0) is 15.6. The first-order chi connectivity index (χ1) is 10.8. The predicted octanol–water partition coefficient (Wildman–Crippen LogP) is 3.01. The number of para-hydroxylation sites is 1. The second-order valence-corrected chi connectivity index (χ2v) is 4.90. The monoisotopic (exact) mass is 301 g/mol. The van der Waals surface area contributed by atoms with Gasteiger partial charge in [0, 0.05) is 25.8 Å². The minimum atomic E-state index is 0.562. The highest BCUT2D eigenvalue weighted by Gasteiger charge is 2.03. The summed E-state index contributed by atoms with van der Waals surface area (Å²) in [5.74, 6) is 1.78. The quantitative estimate of drug-likeness (QED) is 0.723. The molecule has 0 saturated carbocycles. The van der Waals surface area contributed by atoms with Crippen molar-refractivity contribution >= 4 is 0 Å². The van der Waals surface area contributed by atoms with Crippen molar-refractivity contribution in [2.24, 2.45) is 0 Å². The summed E-state index contributed by atoms with van der Waals surface area (Å²) in [6.07, 6.45) is 0. The minimum absolute atomic E-state index is 0.562. The Morgan fingerprint density at radius 2 is 1.64 bits per heavy atom. The largest absolute Gasteiger partial charge is 0.497 e. The smallest absolute Gasteiger partial charge is 0.123 e. The lowest BCUT2D eigenvalue weighted by molar-refractivity contribution is 0.145. The Labute approximate surface area is 132 Å². The van der Waals surface area contributed by atoms with Gasteiger partial charge in [0.25, 0.3) is 0 Å². The van der Waals surface area contributed by atoms with Crippen molar-refractivity contribution in [2.45, 2.75) is 13.1 Å². The van der Waals surface area contributed by atoms with E-state index in [1.165, 1.54) is 5.56 Å².